The third-order valence-corrected chi connectivity index (χ3v) is 2.42. The molecule has 0 amide bonds. The molecule has 0 saturated carbocycles. The van der Waals surface area contributed by atoms with Gasteiger partial charge < -0.3 is 14.3 Å². The van der Waals surface area contributed by atoms with Crippen molar-refractivity contribution in [2.45, 2.75) is 13.5 Å². The molecule has 0 aliphatic heterocycles. The van der Waals surface area contributed by atoms with Gasteiger partial charge in [-0.1, -0.05) is 6.07 Å². The number of aryl methyl sites for hydroxylation is 1. The van der Waals surface area contributed by atoms with E-state index in [0.717, 1.165) is 0 Å². The summed E-state index contributed by atoms with van der Waals surface area (Å²) in [6.07, 6.45) is 0. The number of carboxylic acids is 1. The predicted octanol–water partition coefficient (Wildman–Crippen LogP) is 3.00. The molecule has 0 saturated heterocycles. The number of furan rings is 1. The van der Waals surface area contributed by atoms with E-state index in [-0.39, 0.29) is 18.2 Å². The Morgan fingerprint density at radius 2 is 2.22 bits per heavy atom. The van der Waals surface area contributed by atoms with Crippen molar-refractivity contribution in [1.82, 2.24) is 0 Å². The third-order valence-electron chi connectivity index (χ3n) is 2.42. The number of halogens is 1. The van der Waals surface area contributed by atoms with Crippen molar-refractivity contribution in [1.29, 1.82) is 0 Å². The van der Waals surface area contributed by atoms with E-state index in [1.54, 1.807) is 13.0 Å². The van der Waals surface area contributed by atoms with Crippen LogP contribution in [-0.4, -0.2) is 11.1 Å². The SMILES string of the molecule is Cc1oc(C(=O)O)cc1COc1cccc(F)c1. The van der Waals surface area contributed by atoms with Gasteiger partial charge in [-0.3, -0.25) is 0 Å². The normalized spacial score (nSPS) is 10.3. The second-order valence-corrected chi connectivity index (χ2v) is 3.74. The zero-order valence-corrected chi connectivity index (χ0v) is 9.64. The Kier molecular flexibility index (Phi) is 3.32. The lowest BCUT2D eigenvalue weighted by molar-refractivity contribution is 0.0661. The topological polar surface area (TPSA) is 59.7 Å². The Labute approximate surface area is 103 Å². The molecule has 0 unspecified atom stereocenters. The molecule has 1 aromatic carbocycles. The van der Waals surface area contributed by atoms with E-state index in [1.165, 1.54) is 24.3 Å². The average Bonchev–Trinajstić information content (AvgIpc) is 2.68. The first-order valence-corrected chi connectivity index (χ1v) is 5.27. The fraction of sp³-hybridized carbons (Fsp3) is 0.154. The van der Waals surface area contributed by atoms with Gasteiger partial charge in [-0.15, -0.1) is 0 Å². The Balaban J connectivity index is 2.08. The minimum atomic E-state index is -1.13. The van der Waals surface area contributed by atoms with E-state index in [1.807, 2.05) is 0 Å². The first-order valence-electron chi connectivity index (χ1n) is 5.27. The maximum atomic E-state index is 12.9. The van der Waals surface area contributed by atoms with Crippen LogP contribution in [0.2, 0.25) is 0 Å². The van der Waals surface area contributed by atoms with E-state index < -0.39 is 5.97 Å². The third kappa shape index (κ3) is 2.68. The van der Waals surface area contributed by atoms with Crippen molar-refractivity contribution >= 4 is 5.97 Å². The number of aromatic carboxylic acids is 1. The number of carboxylic acid groups (broad SMARTS) is 1. The maximum Gasteiger partial charge on any atom is 0.371 e. The quantitative estimate of drug-likeness (QED) is 0.906. The second-order valence-electron chi connectivity index (χ2n) is 3.74. The molecule has 4 nitrogen and oxygen atoms in total. The highest BCUT2D eigenvalue weighted by atomic mass is 19.1. The Hall–Kier alpha value is -2.30. The standard InChI is InChI=1S/C13H11FO4/c1-8-9(5-12(18-8)13(15)16)7-17-11-4-2-3-10(14)6-11/h2-6H,7H2,1H3,(H,15,16). The Bertz CT molecular complexity index is 574. The van der Waals surface area contributed by atoms with Crippen molar-refractivity contribution < 1.29 is 23.4 Å². The van der Waals surface area contributed by atoms with Gasteiger partial charge in [-0.2, -0.15) is 0 Å². The van der Waals surface area contributed by atoms with Gasteiger partial charge in [0.2, 0.25) is 5.76 Å². The molecule has 18 heavy (non-hydrogen) atoms. The average molecular weight is 250 g/mol. The monoisotopic (exact) mass is 250 g/mol. The number of rotatable bonds is 4. The summed E-state index contributed by atoms with van der Waals surface area (Å²) in [6, 6.07) is 7.13. The van der Waals surface area contributed by atoms with Crippen LogP contribution in [0.5, 0.6) is 5.75 Å². The largest absolute Gasteiger partial charge is 0.489 e. The molecule has 94 valence electrons. The van der Waals surface area contributed by atoms with Gasteiger partial charge in [0.15, 0.2) is 0 Å². The molecule has 1 N–H and O–H groups in total. The molecule has 0 radical (unpaired) electrons. The molecule has 0 aliphatic carbocycles. The minimum Gasteiger partial charge on any atom is -0.489 e. The molecular formula is C13H11FO4. The smallest absolute Gasteiger partial charge is 0.371 e. The molecule has 2 aromatic rings. The summed E-state index contributed by atoms with van der Waals surface area (Å²) in [4.78, 5) is 10.7. The summed E-state index contributed by atoms with van der Waals surface area (Å²) in [6.45, 7) is 1.78. The van der Waals surface area contributed by atoms with Crippen LogP contribution in [0.3, 0.4) is 0 Å². The molecular weight excluding hydrogens is 239 g/mol. The van der Waals surface area contributed by atoms with Crippen LogP contribution in [-0.2, 0) is 6.61 Å². The molecule has 1 heterocycles. The highest BCUT2D eigenvalue weighted by molar-refractivity contribution is 5.84. The van der Waals surface area contributed by atoms with Crippen molar-refractivity contribution in [3.63, 3.8) is 0 Å². The molecule has 1 aromatic heterocycles. The predicted molar refractivity (Wildman–Crippen MR) is 61.1 cm³/mol. The summed E-state index contributed by atoms with van der Waals surface area (Å²) < 4.78 is 23.3. The van der Waals surface area contributed by atoms with Crippen LogP contribution in [0.1, 0.15) is 21.9 Å². The molecule has 2 rings (SSSR count). The molecule has 0 bridgehead atoms. The summed E-state index contributed by atoms with van der Waals surface area (Å²) in [5.74, 6) is -0.792. The first-order chi connectivity index (χ1) is 8.56. The molecule has 5 heteroatoms. The van der Waals surface area contributed by atoms with Gasteiger partial charge in [0, 0.05) is 11.6 Å². The van der Waals surface area contributed by atoms with Gasteiger partial charge >= 0.3 is 5.97 Å². The van der Waals surface area contributed by atoms with Crippen LogP contribution in [0.15, 0.2) is 34.7 Å². The van der Waals surface area contributed by atoms with Crippen LogP contribution in [0, 0.1) is 12.7 Å². The number of benzene rings is 1. The summed E-state index contributed by atoms with van der Waals surface area (Å²) in [5.41, 5.74) is 0.622. The fourth-order valence-corrected chi connectivity index (χ4v) is 1.49. The van der Waals surface area contributed by atoms with E-state index in [0.29, 0.717) is 17.1 Å². The number of ether oxygens (including phenoxy) is 1. The first kappa shape index (κ1) is 12.2. The summed E-state index contributed by atoms with van der Waals surface area (Å²) in [7, 11) is 0. The number of hydrogen-bond donors (Lipinski definition) is 1. The van der Waals surface area contributed by atoms with Crippen LogP contribution in [0.4, 0.5) is 4.39 Å². The van der Waals surface area contributed by atoms with E-state index in [2.05, 4.69) is 0 Å². The van der Waals surface area contributed by atoms with Crippen molar-refractivity contribution in [2.75, 3.05) is 0 Å². The Morgan fingerprint density at radius 3 is 2.83 bits per heavy atom. The van der Waals surface area contributed by atoms with E-state index >= 15 is 0 Å². The van der Waals surface area contributed by atoms with Gasteiger partial charge in [-0.05, 0) is 25.1 Å². The number of carbonyl (C=O) groups is 1. The lowest BCUT2D eigenvalue weighted by Crippen LogP contribution is -1.96. The minimum absolute atomic E-state index is 0.131. The highest BCUT2D eigenvalue weighted by Crippen LogP contribution is 2.18. The van der Waals surface area contributed by atoms with Gasteiger partial charge in [0.1, 0.15) is 23.9 Å². The van der Waals surface area contributed by atoms with E-state index in [4.69, 9.17) is 14.3 Å². The maximum absolute atomic E-state index is 12.9. The van der Waals surface area contributed by atoms with Crippen molar-refractivity contribution in [2.24, 2.45) is 0 Å². The van der Waals surface area contributed by atoms with Gasteiger partial charge in [-0.25, -0.2) is 9.18 Å². The lowest BCUT2D eigenvalue weighted by atomic mass is 10.2. The van der Waals surface area contributed by atoms with Gasteiger partial charge in [0.05, 0.1) is 0 Å². The number of hydrogen-bond acceptors (Lipinski definition) is 3. The fourth-order valence-electron chi connectivity index (χ4n) is 1.49. The highest BCUT2D eigenvalue weighted by Gasteiger charge is 2.13. The Morgan fingerprint density at radius 1 is 1.44 bits per heavy atom. The zero-order chi connectivity index (χ0) is 13.1. The lowest BCUT2D eigenvalue weighted by Gasteiger charge is -2.04. The van der Waals surface area contributed by atoms with Gasteiger partial charge in [0.25, 0.3) is 0 Å². The van der Waals surface area contributed by atoms with Crippen molar-refractivity contribution in [3.8, 4) is 5.75 Å². The van der Waals surface area contributed by atoms with E-state index in [9.17, 15) is 9.18 Å². The molecule has 0 fully saturated rings. The van der Waals surface area contributed by atoms with Crippen molar-refractivity contribution in [3.05, 3.63) is 53.2 Å². The van der Waals surface area contributed by atoms with Crippen LogP contribution >= 0.6 is 0 Å². The van der Waals surface area contributed by atoms with Crippen LogP contribution < -0.4 is 4.74 Å². The second kappa shape index (κ2) is 4.91. The summed E-state index contributed by atoms with van der Waals surface area (Å²) in [5, 5.41) is 8.76. The zero-order valence-electron chi connectivity index (χ0n) is 9.64. The molecule has 0 aliphatic rings. The summed E-state index contributed by atoms with van der Waals surface area (Å²) >= 11 is 0. The molecule has 0 spiro atoms. The van der Waals surface area contributed by atoms with Crippen LogP contribution in [0.25, 0.3) is 0 Å². The molecule has 0 atom stereocenters.